The summed E-state index contributed by atoms with van der Waals surface area (Å²) >= 11 is 0. The summed E-state index contributed by atoms with van der Waals surface area (Å²) in [5, 5.41) is 13.9. The van der Waals surface area contributed by atoms with Crippen molar-refractivity contribution in [2.24, 2.45) is 5.92 Å². The Labute approximate surface area is 176 Å². The number of fused-ring (bicyclic) bond motifs is 1. The van der Waals surface area contributed by atoms with Crippen molar-refractivity contribution >= 4 is 10.9 Å². The van der Waals surface area contributed by atoms with Crippen molar-refractivity contribution in [3.8, 4) is 28.5 Å². The van der Waals surface area contributed by atoms with Gasteiger partial charge in [0.1, 0.15) is 0 Å². The molecule has 4 aromatic rings. The molecule has 148 valence electrons. The maximum Gasteiger partial charge on any atom is 0.0991 e. The van der Waals surface area contributed by atoms with Gasteiger partial charge in [0.25, 0.3) is 0 Å². The predicted octanol–water partition coefficient (Wildman–Crippen LogP) is 5.16. The molecule has 3 heterocycles. The number of rotatable bonds is 4. The Hall–Kier alpha value is -3.42. The van der Waals surface area contributed by atoms with E-state index in [4.69, 9.17) is 4.98 Å². The normalized spacial score (nSPS) is 16.1. The van der Waals surface area contributed by atoms with Crippen LogP contribution in [0.25, 0.3) is 33.3 Å². The largest absolute Gasteiger partial charge is 0.346 e. The zero-order chi connectivity index (χ0) is 20.5. The molecule has 5 rings (SSSR count). The van der Waals surface area contributed by atoms with Crippen molar-refractivity contribution in [3.05, 3.63) is 78.1 Å². The third-order valence-electron chi connectivity index (χ3n) is 6.07. The molecule has 1 atom stereocenters. The Balaban J connectivity index is 1.68. The second kappa shape index (κ2) is 7.78. The molecule has 1 unspecified atom stereocenters. The Morgan fingerprint density at radius 1 is 1.07 bits per heavy atom. The van der Waals surface area contributed by atoms with E-state index in [9.17, 15) is 5.26 Å². The van der Waals surface area contributed by atoms with Crippen LogP contribution < -0.4 is 5.32 Å². The Morgan fingerprint density at radius 2 is 1.83 bits per heavy atom. The molecule has 0 aliphatic carbocycles. The van der Waals surface area contributed by atoms with Crippen LogP contribution in [-0.4, -0.2) is 22.6 Å². The number of pyridine rings is 1. The number of hydrogen-bond acceptors (Lipinski definition) is 3. The molecule has 4 nitrogen and oxygen atoms in total. The first-order valence-electron chi connectivity index (χ1n) is 10.5. The summed E-state index contributed by atoms with van der Waals surface area (Å²) in [5.74, 6) is 0.663. The van der Waals surface area contributed by atoms with Crippen molar-refractivity contribution in [3.63, 3.8) is 0 Å². The lowest BCUT2D eigenvalue weighted by Gasteiger charge is -2.14. The maximum atomic E-state index is 9.20. The van der Waals surface area contributed by atoms with Crippen LogP contribution in [0.4, 0.5) is 0 Å². The highest BCUT2D eigenvalue weighted by Gasteiger charge is 2.19. The van der Waals surface area contributed by atoms with E-state index in [0.29, 0.717) is 11.5 Å². The van der Waals surface area contributed by atoms with Crippen molar-refractivity contribution in [1.29, 1.82) is 5.26 Å². The molecule has 1 fully saturated rings. The van der Waals surface area contributed by atoms with E-state index in [-0.39, 0.29) is 0 Å². The summed E-state index contributed by atoms with van der Waals surface area (Å²) in [6.07, 6.45) is 5.42. The summed E-state index contributed by atoms with van der Waals surface area (Å²) in [4.78, 5) is 4.93. The van der Waals surface area contributed by atoms with Gasteiger partial charge in [0.05, 0.1) is 29.0 Å². The summed E-state index contributed by atoms with van der Waals surface area (Å²) in [5.41, 5.74) is 7.37. The van der Waals surface area contributed by atoms with Gasteiger partial charge in [-0.2, -0.15) is 5.26 Å². The number of nitrogens with zero attached hydrogens (tertiary/aromatic N) is 3. The zero-order valence-electron chi connectivity index (χ0n) is 17.1. The van der Waals surface area contributed by atoms with Crippen LogP contribution in [0.15, 0.2) is 67.0 Å². The van der Waals surface area contributed by atoms with Gasteiger partial charge in [0.2, 0.25) is 0 Å². The first-order valence-corrected chi connectivity index (χ1v) is 10.5. The first-order chi connectivity index (χ1) is 14.7. The van der Waals surface area contributed by atoms with Crippen molar-refractivity contribution in [2.45, 2.75) is 19.9 Å². The fourth-order valence-corrected chi connectivity index (χ4v) is 4.40. The Bertz CT molecular complexity index is 1220. The van der Waals surface area contributed by atoms with Gasteiger partial charge < -0.3 is 9.88 Å². The van der Waals surface area contributed by atoms with E-state index >= 15 is 0 Å². The second-order valence-corrected chi connectivity index (χ2v) is 8.16. The molecule has 2 aromatic heterocycles. The third-order valence-corrected chi connectivity index (χ3v) is 6.07. The van der Waals surface area contributed by atoms with Gasteiger partial charge in [-0.05, 0) is 56.1 Å². The number of aryl methyl sites for hydroxylation is 1. The smallest absolute Gasteiger partial charge is 0.0991 e. The zero-order valence-corrected chi connectivity index (χ0v) is 17.1. The van der Waals surface area contributed by atoms with E-state index in [1.165, 1.54) is 17.4 Å². The number of benzene rings is 2. The molecule has 1 aliphatic rings. The topological polar surface area (TPSA) is 53.6 Å². The van der Waals surface area contributed by atoms with E-state index in [2.05, 4.69) is 59.4 Å². The van der Waals surface area contributed by atoms with Crippen LogP contribution in [0, 0.1) is 24.2 Å². The first kappa shape index (κ1) is 18.6. The molecule has 0 bridgehead atoms. The molecule has 1 saturated heterocycles. The summed E-state index contributed by atoms with van der Waals surface area (Å²) in [6.45, 7) is 5.29. The van der Waals surface area contributed by atoms with Gasteiger partial charge >= 0.3 is 0 Å². The van der Waals surface area contributed by atoms with Crippen LogP contribution in [-0.2, 0) is 6.54 Å². The van der Waals surface area contributed by atoms with E-state index in [1.54, 1.807) is 0 Å². The van der Waals surface area contributed by atoms with Gasteiger partial charge in [-0.3, -0.25) is 4.98 Å². The van der Waals surface area contributed by atoms with Crippen LogP contribution in [0.5, 0.6) is 0 Å². The summed E-state index contributed by atoms with van der Waals surface area (Å²) in [6, 6.07) is 20.8. The number of nitriles is 1. The minimum absolute atomic E-state index is 0.663. The minimum atomic E-state index is 0.663. The number of nitrogens with one attached hydrogen (secondary N) is 1. The molecule has 2 aromatic carbocycles. The highest BCUT2D eigenvalue weighted by molar-refractivity contribution is 6.01. The lowest BCUT2D eigenvalue weighted by molar-refractivity contribution is 0.491. The molecule has 0 saturated carbocycles. The summed E-state index contributed by atoms with van der Waals surface area (Å²) in [7, 11) is 0. The standard InChI is InChI=1S/C26H24N4/c1-18-2-6-22(7-3-18)26-25(21-8-4-19(14-27)5-9-21)23-11-13-30(24(23)16-29-26)17-20-10-12-28-15-20/h2-9,11,13,16,20,28H,10,12,15,17H2,1H3. The average Bonchev–Trinajstić information content (AvgIpc) is 3.44. The molecule has 4 heteroatoms. The fourth-order valence-electron chi connectivity index (χ4n) is 4.40. The monoisotopic (exact) mass is 392 g/mol. The van der Waals surface area contributed by atoms with Gasteiger partial charge in [-0.15, -0.1) is 0 Å². The summed E-state index contributed by atoms with van der Waals surface area (Å²) < 4.78 is 2.34. The quantitative estimate of drug-likeness (QED) is 0.522. The number of hydrogen-bond donors (Lipinski definition) is 1. The van der Waals surface area contributed by atoms with Crippen LogP contribution in [0.3, 0.4) is 0 Å². The molecular weight excluding hydrogens is 368 g/mol. The van der Waals surface area contributed by atoms with Gasteiger partial charge in [0, 0.05) is 29.3 Å². The van der Waals surface area contributed by atoms with Crippen molar-refractivity contribution in [2.75, 3.05) is 13.1 Å². The Kier molecular flexibility index (Phi) is 4.82. The molecule has 0 amide bonds. The molecular formula is C26H24N4. The minimum Gasteiger partial charge on any atom is -0.346 e. The lowest BCUT2D eigenvalue weighted by atomic mass is 9.95. The van der Waals surface area contributed by atoms with E-state index in [0.717, 1.165) is 47.5 Å². The van der Waals surface area contributed by atoms with Gasteiger partial charge in [0.15, 0.2) is 0 Å². The van der Waals surface area contributed by atoms with Crippen molar-refractivity contribution in [1.82, 2.24) is 14.9 Å². The van der Waals surface area contributed by atoms with Crippen LogP contribution in [0.2, 0.25) is 0 Å². The molecule has 30 heavy (non-hydrogen) atoms. The molecule has 0 radical (unpaired) electrons. The SMILES string of the molecule is Cc1ccc(-c2ncc3c(ccn3CC3CCNC3)c2-c2ccc(C#N)cc2)cc1. The third kappa shape index (κ3) is 3.38. The van der Waals surface area contributed by atoms with Gasteiger partial charge in [-0.25, -0.2) is 0 Å². The fraction of sp³-hybridized carbons (Fsp3) is 0.231. The molecule has 1 N–H and O–H groups in total. The second-order valence-electron chi connectivity index (χ2n) is 8.16. The van der Waals surface area contributed by atoms with Gasteiger partial charge in [-0.1, -0.05) is 42.0 Å². The van der Waals surface area contributed by atoms with E-state index < -0.39 is 0 Å². The maximum absolute atomic E-state index is 9.20. The lowest BCUT2D eigenvalue weighted by Crippen LogP contribution is -2.14. The van der Waals surface area contributed by atoms with E-state index in [1.807, 2.05) is 30.5 Å². The Morgan fingerprint density at radius 3 is 2.53 bits per heavy atom. The number of aromatic nitrogens is 2. The molecule has 0 spiro atoms. The predicted molar refractivity (Wildman–Crippen MR) is 121 cm³/mol. The molecule has 1 aliphatic heterocycles. The average molecular weight is 393 g/mol. The highest BCUT2D eigenvalue weighted by atomic mass is 15.0. The van der Waals surface area contributed by atoms with Crippen LogP contribution >= 0.6 is 0 Å². The highest BCUT2D eigenvalue weighted by Crippen LogP contribution is 2.37. The van der Waals surface area contributed by atoms with Crippen molar-refractivity contribution < 1.29 is 0 Å². The van der Waals surface area contributed by atoms with Crippen LogP contribution in [0.1, 0.15) is 17.5 Å².